The fraction of sp³-hybridized carbons (Fsp3) is 0.389. The van der Waals surface area contributed by atoms with E-state index in [2.05, 4.69) is 9.88 Å². The highest BCUT2D eigenvalue weighted by atomic mass is 32.1. The minimum atomic E-state index is 0.0316. The largest absolute Gasteiger partial charge is 0.335 e. The molecule has 7 heteroatoms. The molecule has 2 amide bonds. The summed E-state index contributed by atoms with van der Waals surface area (Å²) >= 11 is 1.39. The quantitative estimate of drug-likeness (QED) is 0.835. The van der Waals surface area contributed by atoms with Gasteiger partial charge in [0.05, 0.1) is 0 Å². The first kappa shape index (κ1) is 16.2. The molecule has 2 aliphatic heterocycles. The molecule has 2 aliphatic rings. The number of likely N-dealkylation sites (tertiary alicyclic amines) is 1. The lowest BCUT2D eigenvalue weighted by molar-refractivity contribution is 0.00853. The van der Waals surface area contributed by atoms with Gasteiger partial charge in [-0.1, -0.05) is 18.2 Å². The standard InChI is InChI=1S/C18H20N4O2S/c23-17(14-4-2-1-3-5-14)22-12-15(13-22)20-7-9-21(10-8-20)18(24)16-19-6-11-25-16/h1-6,11,15H,7-10,12-13H2. The Hall–Kier alpha value is -2.25. The van der Waals surface area contributed by atoms with Crippen LogP contribution in [-0.2, 0) is 0 Å². The van der Waals surface area contributed by atoms with Crippen molar-refractivity contribution < 1.29 is 9.59 Å². The van der Waals surface area contributed by atoms with Crippen molar-refractivity contribution in [1.29, 1.82) is 0 Å². The lowest BCUT2D eigenvalue weighted by Crippen LogP contribution is -2.64. The van der Waals surface area contributed by atoms with E-state index in [0.29, 0.717) is 11.0 Å². The number of benzene rings is 1. The molecule has 0 unspecified atom stereocenters. The van der Waals surface area contributed by atoms with Crippen LogP contribution in [0.5, 0.6) is 0 Å². The molecule has 0 atom stereocenters. The monoisotopic (exact) mass is 356 g/mol. The van der Waals surface area contributed by atoms with Crippen molar-refractivity contribution in [3.63, 3.8) is 0 Å². The molecule has 3 heterocycles. The second kappa shape index (κ2) is 6.93. The summed E-state index contributed by atoms with van der Waals surface area (Å²) in [6.45, 7) is 4.70. The van der Waals surface area contributed by atoms with E-state index in [-0.39, 0.29) is 11.8 Å². The van der Waals surface area contributed by atoms with Gasteiger partial charge in [-0.05, 0) is 12.1 Å². The lowest BCUT2D eigenvalue weighted by atomic mass is 10.0. The van der Waals surface area contributed by atoms with Gasteiger partial charge in [0.25, 0.3) is 11.8 Å². The van der Waals surface area contributed by atoms with E-state index in [1.165, 1.54) is 11.3 Å². The first-order chi connectivity index (χ1) is 12.2. The number of aromatic nitrogens is 1. The molecular formula is C18H20N4O2S. The number of nitrogens with zero attached hydrogens (tertiary/aromatic N) is 4. The third-order valence-electron chi connectivity index (χ3n) is 4.90. The third-order valence-corrected chi connectivity index (χ3v) is 5.66. The topological polar surface area (TPSA) is 56.8 Å². The maximum Gasteiger partial charge on any atom is 0.282 e. The molecule has 2 fully saturated rings. The summed E-state index contributed by atoms with van der Waals surface area (Å²) in [5.41, 5.74) is 0.750. The van der Waals surface area contributed by atoms with Crippen molar-refractivity contribution in [2.24, 2.45) is 0 Å². The first-order valence-corrected chi connectivity index (χ1v) is 9.37. The third kappa shape index (κ3) is 3.29. The highest BCUT2D eigenvalue weighted by Crippen LogP contribution is 2.20. The van der Waals surface area contributed by atoms with Crippen LogP contribution in [0, 0.1) is 0 Å². The van der Waals surface area contributed by atoms with Crippen molar-refractivity contribution in [2.45, 2.75) is 6.04 Å². The Morgan fingerprint density at radius 3 is 2.32 bits per heavy atom. The predicted molar refractivity (Wildman–Crippen MR) is 95.7 cm³/mol. The second-order valence-corrected chi connectivity index (χ2v) is 7.29. The van der Waals surface area contributed by atoms with Crippen LogP contribution in [0.15, 0.2) is 41.9 Å². The van der Waals surface area contributed by atoms with Gasteiger partial charge in [-0.2, -0.15) is 0 Å². The number of hydrogen-bond donors (Lipinski definition) is 0. The van der Waals surface area contributed by atoms with Gasteiger partial charge in [-0.25, -0.2) is 4.98 Å². The lowest BCUT2D eigenvalue weighted by Gasteiger charge is -2.48. The molecule has 1 aromatic heterocycles. The number of amides is 2. The zero-order valence-corrected chi connectivity index (χ0v) is 14.7. The van der Waals surface area contributed by atoms with E-state index in [9.17, 15) is 9.59 Å². The number of thiazole rings is 1. The maximum atomic E-state index is 12.4. The Labute approximate surface area is 150 Å². The molecular weight excluding hydrogens is 336 g/mol. The zero-order chi connectivity index (χ0) is 17.2. The Kier molecular flexibility index (Phi) is 4.50. The van der Waals surface area contributed by atoms with Gasteiger partial charge in [0.2, 0.25) is 0 Å². The van der Waals surface area contributed by atoms with Crippen LogP contribution >= 0.6 is 11.3 Å². The summed E-state index contributed by atoms with van der Waals surface area (Å²) in [6, 6.07) is 9.83. The molecule has 0 N–H and O–H groups in total. The first-order valence-electron chi connectivity index (χ1n) is 8.49. The maximum absolute atomic E-state index is 12.4. The van der Waals surface area contributed by atoms with Crippen LogP contribution in [0.25, 0.3) is 0 Å². The van der Waals surface area contributed by atoms with E-state index in [1.807, 2.05) is 45.5 Å². The molecule has 130 valence electrons. The van der Waals surface area contributed by atoms with Crippen molar-refractivity contribution in [1.82, 2.24) is 19.7 Å². The smallest absolute Gasteiger partial charge is 0.282 e. The molecule has 0 saturated carbocycles. The molecule has 0 bridgehead atoms. The molecule has 1 aromatic carbocycles. The number of hydrogen-bond acceptors (Lipinski definition) is 5. The van der Waals surface area contributed by atoms with Crippen LogP contribution in [0.1, 0.15) is 20.2 Å². The summed E-state index contributed by atoms with van der Waals surface area (Å²) in [5.74, 6) is 0.138. The van der Waals surface area contributed by atoms with Gasteiger partial charge >= 0.3 is 0 Å². The van der Waals surface area contributed by atoms with E-state index in [4.69, 9.17) is 0 Å². The summed E-state index contributed by atoms with van der Waals surface area (Å²) in [7, 11) is 0. The minimum absolute atomic E-state index is 0.0316. The molecule has 0 aliphatic carbocycles. The van der Waals surface area contributed by atoms with Gasteiger partial charge in [0.1, 0.15) is 0 Å². The summed E-state index contributed by atoms with van der Waals surface area (Å²) in [6.07, 6.45) is 1.67. The van der Waals surface area contributed by atoms with Gasteiger partial charge in [-0.15, -0.1) is 11.3 Å². The summed E-state index contributed by atoms with van der Waals surface area (Å²) in [5, 5.41) is 2.40. The molecule has 0 spiro atoms. The highest BCUT2D eigenvalue weighted by Gasteiger charge is 2.37. The average molecular weight is 356 g/mol. The van der Waals surface area contributed by atoms with E-state index >= 15 is 0 Å². The summed E-state index contributed by atoms with van der Waals surface area (Å²) < 4.78 is 0. The summed E-state index contributed by atoms with van der Waals surface area (Å²) in [4.78, 5) is 35.0. The van der Waals surface area contributed by atoms with Crippen molar-refractivity contribution >= 4 is 23.2 Å². The van der Waals surface area contributed by atoms with Crippen LogP contribution in [0.2, 0.25) is 0 Å². The van der Waals surface area contributed by atoms with Gasteiger partial charge in [-0.3, -0.25) is 14.5 Å². The molecule has 25 heavy (non-hydrogen) atoms. The van der Waals surface area contributed by atoms with Gasteiger partial charge in [0, 0.05) is 62.5 Å². The highest BCUT2D eigenvalue weighted by molar-refractivity contribution is 7.11. The minimum Gasteiger partial charge on any atom is -0.335 e. The van der Waals surface area contributed by atoms with Crippen molar-refractivity contribution in [3.8, 4) is 0 Å². The number of rotatable bonds is 3. The number of piperazine rings is 1. The van der Waals surface area contributed by atoms with Crippen LogP contribution in [0.4, 0.5) is 0 Å². The molecule has 6 nitrogen and oxygen atoms in total. The molecule has 2 aromatic rings. The Bertz CT molecular complexity index is 736. The van der Waals surface area contributed by atoms with Crippen LogP contribution < -0.4 is 0 Å². The van der Waals surface area contributed by atoms with E-state index in [0.717, 1.165) is 44.8 Å². The van der Waals surface area contributed by atoms with E-state index < -0.39 is 0 Å². The van der Waals surface area contributed by atoms with Crippen LogP contribution in [0.3, 0.4) is 0 Å². The molecule has 2 saturated heterocycles. The van der Waals surface area contributed by atoms with Crippen molar-refractivity contribution in [2.75, 3.05) is 39.3 Å². The zero-order valence-electron chi connectivity index (χ0n) is 13.9. The SMILES string of the molecule is O=C(c1ccccc1)N1CC(N2CCN(C(=O)c3nccs3)CC2)C1. The second-order valence-electron chi connectivity index (χ2n) is 6.40. The number of carbonyl (C=O) groups is 2. The van der Waals surface area contributed by atoms with Gasteiger partial charge in [0.15, 0.2) is 5.01 Å². The predicted octanol–water partition coefficient (Wildman–Crippen LogP) is 1.43. The van der Waals surface area contributed by atoms with Crippen LogP contribution in [-0.4, -0.2) is 76.8 Å². The van der Waals surface area contributed by atoms with E-state index in [1.54, 1.807) is 6.20 Å². The molecule has 0 radical (unpaired) electrons. The van der Waals surface area contributed by atoms with Gasteiger partial charge < -0.3 is 9.80 Å². The Morgan fingerprint density at radius 1 is 0.960 bits per heavy atom. The molecule has 4 rings (SSSR count). The van der Waals surface area contributed by atoms with Crippen molar-refractivity contribution in [3.05, 3.63) is 52.5 Å². The normalized spacial score (nSPS) is 18.9. The average Bonchev–Trinajstić information content (AvgIpc) is 3.16. The Balaban J connectivity index is 1.26. The fourth-order valence-corrected chi connectivity index (χ4v) is 3.97. The number of carbonyl (C=O) groups excluding carboxylic acids is 2. The fourth-order valence-electron chi connectivity index (χ4n) is 3.37. The Morgan fingerprint density at radius 2 is 1.68 bits per heavy atom.